The summed E-state index contributed by atoms with van der Waals surface area (Å²) in [5, 5.41) is 12.0. The fraction of sp³-hybridized carbons (Fsp3) is 0.296. The number of ether oxygens (including phenoxy) is 2. The van der Waals surface area contributed by atoms with Crippen molar-refractivity contribution < 1.29 is 41.3 Å². The summed E-state index contributed by atoms with van der Waals surface area (Å²) in [4.78, 5) is 10.8. The number of aliphatic carboxylic acids is 1. The van der Waals surface area contributed by atoms with Gasteiger partial charge in [0.15, 0.2) is 0 Å². The van der Waals surface area contributed by atoms with Crippen molar-refractivity contribution in [1.29, 1.82) is 0 Å². The van der Waals surface area contributed by atoms with Crippen LogP contribution in [0.4, 0.5) is 22.0 Å². The number of carboxylic acid groups (broad SMARTS) is 1. The van der Waals surface area contributed by atoms with Gasteiger partial charge in [0.1, 0.15) is 29.7 Å². The molecule has 198 valence electrons. The molecule has 0 aliphatic carbocycles. The maximum Gasteiger partial charge on any atom is 0.416 e. The summed E-state index contributed by atoms with van der Waals surface area (Å²) < 4.78 is 80.6. The molecule has 0 saturated carbocycles. The molecule has 0 aliphatic heterocycles. The highest BCUT2D eigenvalue weighted by Gasteiger charge is 2.32. The van der Waals surface area contributed by atoms with Crippen LogP contribution in [0.1, 0.15) is 36.1 Å². The van der Waals surface area contributed by atoms with Crippen molar-refractivity contribution in [2.45, 2.75) is 32.0 Å². The Morgan fingerprint density at radius 3 is 2.49 bits per heavy atom. The van der Waals surface area contributed by atoms with E-state index in [0.717, 1.165) is 29.8 Å². The molecule has 0 aliphatic rings. The van der Waals surface area contributed by atoms with Crippen LogP contribution in [-0.4, -0.2) is 31.3 Å². The zero-order valence-corrected chi connectivity index (χ0v) is 20.2. The Hall–Kier alpha value is -3.66. The van der Waals surface area contributed by atoms with Crippen LogP contribution in [-0.2, 0) is 17.4 Å². The van der Waals surface area contributed by atoms with E-state index in [1.54, 1.807) is 7.11 Å². The number of benzene rings is 3. The van der Waals surface area contributed by atoms with Gasteiger partial charge in [0.25, 0.3) is 0 Å². The lowest BCUT2D eigenvalue weighted by Gasteiger charge is -2.17. The molecule has 3 aromatic rings. The van der Waals surface area contributed by atoms with Gasteiger partial charge in [-0.1, -0.05) is 12.1 Å². The highest BCUT2D eigenvalue weighted by Crippen LogP contribution is 2.37. The third-order valence-electron chi connectivity index (χ3n) is 5.73. The first-order valence-corrected chi connectivity index (χ1v) is 11.4. The zero-order valence-electron chi connectivity index (χ0n) is 20.2. The van der Waals surface area contributed by atoms with Crippen molar-refractivity contribution in [3.63, 3.8) is 0 Å². The van der Waals surface area contributed by atoms with Crippen molar-refractivity contribution in [3.8, 4) is 22.6 Å². The van der Waals surface area contributed by atoms with Crippen LogP contribution >= 0.6 is 0 Å². The molecule has 0 bridgehead atoms. The van der Waals surface area contributed by atoms with E-state index in [0.29, 0.717) is 12.3 Å². The highest BCUT2D eigenvalue weighted by atomic mass is 19.4. The van der Waals surface area contributed by atoms with Gasteiger partial charge in [-0.15, -0.1) is 0 Å². The zero-order chi connectivity index (χ0) is 27.2. The molecule has 0 saturated heterocycles. The number of carbonyl (C=O) groups is 1. The minimum atomic E-state index is -4.74. The molecule has 5 nitrogen and oxygen atoms in total. The molecule has 10 heteroatoms. The van der Waals surface area contributed by atoms with Gasteiger partial charge < -0.3 is 19.9 Å². The molecule has 0 radical (unpaired) electrons. The summed E-state index contributed by atoms with van der Waals surface area (Å²) in [6.45, 7) is 2.23. The number of hydrogen-bond acceptors (Lipinski definition) is 4. The highest BCUT2D eigenvalue weighted by molar-refractivity contribution is 5.69. The fourth-order valence-electron chi connectivity index (χ4n) is 3.76. The number of carboxylic acids is 1. The van der Waals surface area contributed by atoms with Gasteiger partial charge in [-0.25, -0.2) is 8.78 Å². The topological polar surface area (TPSA) is 67.8 Å². The van der Waals surface area contributed by atoms with Crippen LogP contribution in [0.2, 0.25) is 0 Å². The Labute approximate surface area is 210 Å². The molecule has 0 unspecified atom stereocenters. The van der Waals surface area contributed by atoms with Gasteiger partial charge in [-0.2, -0.15) is 13.2 Å². The van der Waals surface area contributed by atoms with Crippen LogP contribution < -0.4 is 14.8 Å². The molecule has 0 amide bonds. The summed E-state index contributed by atoms with van der Waals surface area (Å²) in [5.74, 6) is -2.79. The number of nitrogens with one attached hydrogen (secondary N) is 1. The third kappa shape index (κ3) is 7.42. The second kappa shape index (κ2) is 12.1. The molecule has 0 aromatic heterocycles. The lowest BCUT2D eigenvalue weighted by molar-refractivity contribution is -0.138. The van der Waals surface area contributed by atoms with E-state index < -0.39 is 47.7 Å². The van der Waals surface area contributed by atoms with Crippen molar-refractivity contribution >= 4 is 5.97 Å². The first kappa shape index (κ1) is 27.9. The molecule has 2 N–H and O–H groups in total. The summed E-state index contributed by atoms with van der Waals surface area (Å²) in [6.07, 6.45) is -5.72. The van der Waals surface area contributed by atoms with E-state index in [4.69, 9.17) is 14.6 Å². The average Bonchev–Trinajstić information content (AvgIpc) is 2.85. The number of alkyl halides is 3. The van der Waals surface area contributed by atoms with Crippen LogP contribution in [0.25, 0.3) is 11.1 Å². The molecule has 3 rings (SSSR count). The van der Waals surface area contributed by atoms with Crippen LogP contribution in [0.15, 0.2) is 54.6 Å². The number of hydrogen-bond donors (Lipinski definition) is 2. The average molecular weight is 523 g/mol. The standard InChI is InChI=1S/C27H26F5NO4/c1-16(17-4-3-5-20(13-17)36-2)33-10-11-37-21-14-18(12-19(15-21)27(30,31)32)22-6-8-24(28)23(26(22)29)7-9-25(34)35/h3-6,8,12-16,33H,7,9-11H2,1-2H3,(H,34,35)/t16-/m1/s1. The van der Waals surface area contributed by atoms with E-state index in [1.807, 2.05) is 31.2 Å². The minimum Gasteiger partial charge on any atom is -0.497 e. The molecule has 0 heterocycles. The monoisotopic (exact) mass is 523 g/mol. The van der Waals surface area contributed by atoms with Gasteiger partial charge in [0.05, 0.1) is 12.7 Å². The molecule has 0 fully saturated rings. The molecule has 3 aromatic carbocycles. The normalized spacial score (nSPS) is 12.3. The SMILES string of the molecule is COc1cccc([C@@H](C)NCCOc2cc(-c3ccc(F)c(CCC(=O)O)c3F)cc(C(F)(F)F)c2)c1. The Morgan fingerprint density at radius 2 is 1.81 bits per heavy atom. The summed E-state index contributed by atoms with van der Waals surface area (Å²) in [6, 6.07) is 12.0. The van der Waals surface area contributed by atoms with E-state index in [-0.39, 0.29) is 29.5 Å². The van der Waals surface area contributed by atoms with Gasteiger partial charge in [0, 0.05) is 30.1 Å². The first-order chi connectivity index (χ1) is 17.5. The van der Waals surface area contributed by atoms with Gasteiger partial charge >= 0.3 is 12.1 Å². The molecular weight excluding hydrogens is 497 g/mol. The Balaban J connectivity index is 1.79. The minimum absolute atomic E-state index is 0.0187. The lowest BCUT2D eigenvalue weighted by atomic mass is 9.97. The smallest absolute Gasteiger partial charge is 0.416 e. The summed E-state index contributed by atoms with van der Waals surface area (Å²) >= 11 is 0. The lowest BCUT2D eigenvalue weighted by Crippen LogP contribution is -2.24. The second-order valence-electron chi connectivity index (χ2n) is 8.33. The van der Waals surface area contributed by atoms with E-state index in [2.05, 4.69) is 5.32 Å². The third-order valence-corrected chi connectivity index (χ3v) is 5.73. The quantitative estimate of drug-likeness (QED) is 0.225. The molecular formula is C27H26F5NO4. The van der Waals surface area contributed by atoms with Crippen LogP contribution in [0, 0.1) is 11.6 Å². The predicted molar refractivity (Wildman–Crippen MR) is 128 cm³/mol. The maximum absolute atomic E-state index is 15.1. The van der Waals surface area contributed by atoms with Crippen LogP contribution in [0.3, 0.4) is 0 Å². The van der Waals surface area contributed by atoms with Gasteiger partial charge in [-0.05, 0) is 66.9 Å². The summed E-state index contributed by atoms with van der Waals surface area (Å²) in [5.41, 5.74) is -1.07. The second-order valence-corrected chi connectivity index (χ2v) is 8.33. The number of halogens is 5. The number of methoxy groups -OCH3 is 1. The molecule has 37 heavy (non-hydrogen) atoms. The Kier molecular flexibility index (Phi) is 9.09. The van der Waals surface area contributed by atoms with Crippen molar-refractivity contribution in [1.82, 2.24) is 5.32 Å². The number of rotatable bonds is 11. The first-order valence-electron chi connectivity index (χ1n) is 11.4. The van der Waals surface area contributed by atoms with E-state index in [9.17, 15) is 22.4 Å². The maximum atomic E-state index is 15.1. The Bertz CT molecular complexity index is 1250. The largest absolute Gasteiger partial charge is 0.497 e. The van der Waals surface area contributed by atoms with E-state index >= 15 is 4.39 Å². The summed E-state index contributed by atoms with van der Waals surface area (Å²) in [7, 11) is 1.56. The predicted octanol–water partition coefficient (Wildman–Crippen LogP) is 6.41. The fourth-order valence-corrected chi connectivity index (χ4v) is 3.76. The van der Waals surface area contributed by atoms with Gasteiger partial charge in [-0.3, -0.25) is 4.79 Å². The molecule has 0 spiro atoms. The van der Waals surface area contributed by atoms with Gasteiger partial charge in [0.2, 0.25) is 0 Å². The van der Waals surface area contributed by atoms with Crippen LogP contribution in [0.5, 0.6) is 11.5 Å². The van der Waals surface area contributed by atoms with E-state index in [1.165, 1.54) is 6.07 Å². The van der Waals surface area contributed by atoms with Crippen molar-refractivity contribution in [2.24, 2.45) is 0 Å². The molecule has 1 atom stereocenters. The van der Waals surface area contributed by atoms with Crippen molar-refractivity contribution in [2.75, 3.05) is 20.3 Å². The van der Waals surface area contributed by atoms with Crippen molar-refractivity contribution in [3.05, 3.63) is 82.9 Å². The Morgan fingerprint density at radius 1 is 1.05 bits per heavy atom.